The Bertz CT molecular complexity index is 2460. The van der Waals surface area contributed by atoms with Crippen LogP contribution in [-0.2, 0) is 41.5 Å². The molecule has 5 heterocycles. The summed E-state index contributed by atoms with van der Waals surface area (Å²) in [7, 11) is 0. The molecule has 0 N–H and O–H groups in total. The first-order chi connectivity index (χ1) is 24.7. The van der Waals surface area contributed by atoms with Crippen molar-refractivity contribution in [1.29, 1.82) is 0 Å². The van der Waals surface area contributed by atoms with E-state index in [0.29, 0.717) is 45.7 Å². The van der Waals surface area contributed by atoms with Crippen LogP contribution in [0.4, 0.5) is 0 Å². The van der Waals surface area contributed by atoms with Gasteiger partial charge in [0, 0.05) is 47.8 Å². The summed E-state index contributed by atoms with van der Waals surface area (Å²) in [5, 5.41) is 1.84. The van der Waals surface area contributed by atoms with E-state index in [1.54, 1.807) is 31.1 Å². The van der Waals surface area contributed by atoms with Crippen LogP contribution in [0.15, 0.2) is 145 Å². The Balaban J connectivity index is 0.00000210. The van der Waals surface area contributed by atoms with Crippen molar-refractivity contribution < 1.29 is 55.4 Å². The summed E-state index contributed by atoms with van der Waals surface area (Å²) in [6.07, 6.45) is 8.60. The molecule has 0 spiro atoms. The van der Waals surface area contributed by atoms with Crippen molar-refractivity contribution in [2.24, 2.45) is 0 Å². The normalized spacial score (nSPS) is 10.8. The Hall–Kier alpha value is -5.71. The minimum Gasteiger partial charge on any atom is -0.503 e. The number of ether oxygens (including phenoxy) is 2. The summed E-state index contributed by atoms with van der Waals surface area (Å²) in [5.74, 6) is 3.18. The summed E-state index contributed by atoms with van der Waals surface area (Å²) in [6, 6.07) is 48.0. The van der Waals surface area contributed by atoms with Crippen LogP contribution in [0.5, 0.6) is 23.0 Å². The van der Waals surface area contributed by atoms with Crippen molar-refractivity contribution in [3.63, 3.8) is 0 Å². The van der Waals surface area contributed by atoms with Crippen LogP contribution in [0.1, 0.15) is 0 Å². The number of rotatable bonds is 8. The van der Waals surface area contributed by atoms with Crippen LogP contribution >= 0.6 is 0 Å². The monoisotopic (exact) mass is 946 g/mol. The maximum atomic E-state index is 6.30. The van der Waals surface area contributed by atoms with E-state index in [9.17, 15) is 0 Å². The van der Waals surface area contributed by atoms with Gasteiger partial charge in [0.05, 0.1) is 11.8 Å². The third kappa shape index (κ3) is 6.95. The van der Waals surface area contributed by atoms with Crippen molar-refractivity contribution in [2.75, 3.05) is 0 Å². The van der Waals surface area contributed by atoms with Crippen molar-refractivity contribution >= 4 is 21.8 Å². The zero-order valence-electron chi connectivity index (χ0n) is 26.9. The summed E-state index contributed by atoms with van der Waals surface area (Å²) in [4.78, 5) is 18.4. The molecule has 254 valence electrons. The van der Waals surface area contributed by atoms with Crippen LogP contribution in [0.3, 0.4) is 0 Å². The van der Waals surface area contributed by atoms with Gasteiger partial charge >= 0.3 is 41.5 Å². The molecule has 52 heavy (non-hydrogen) atoms. The molecule has 0 bridgehead atoms. The predicted octanol–water partition coefficient (Wildman–Crippen LogP) is 9.74. The third-order valence-electron chi connectivity index (χ3n) is 8.04. The summed E-state index contributed by atoms with van der Waals surface area (Å²) in [6.45, 7) is 0. The smallest absolute Gasteiger partial charge is 0.503 e. The van der Waals surface area contributed by atoms with Gasteiger partial charge in [-0.25, -0.2) is 9.97 Å². The van der Waals surface area contributed by atoms with E-state index in [-0.39, 0.29) is 41.5 Å². The Morgan fingerprint density at radius 2 is 1.06 bits per heavy atom. The van der Waals surface area contributed by atoms with Crippen molar-refractivity contribution in [2.45, 2.75) is 0 Å². The molecule has 0 radical (unpaired) electrons. The number of fused-ring (bicyclic) bond motifs is 3. The molecule has 9 aromatic rings. The van der Waals surface area contributed by atoms with Gasteiger partial charge in [-0.2, -0.15) is 22.9 Å². The van der Waals surface area contributed by atoms with E-state index in [4.69, 9.17) is 23.9 Å². The van der Waals surface area contributed by atoms with E-state index in [1.807, 2.05) is 114 Å². The Morgan fingerprint density at radius 3 is 1.54 bits per heavy atom. The molecule has 10 heteroatoms. The number of hydrogen-bond donors (Lipinski definition) is 0. The van der Waals surface area contributed by atoms with Gasteiger partial charge in [-0.15, -0.1) is 71.8 Å². The maximum absolute atomic E-state index is 6.30. The van der Waals surface area contributed by atoms with E-state index in [2.05, 4.69) is 34.2 Å². The number of pyridine rings is 2. The maximum Gasteiger partial charge on any atom is 2.00 e. The Kier molecular flexibility index (Phi) is 10.2. The summed E-state index contributed by atoms with van der Waals surface area (Å²) >= 11 is 0. The van der Waals surface area contributed by atoms with Gasteiger partial charge in [0.25, 0.3) is 0 Å². The molecule has 0 unspecified atom stereocenters. The fraction of sp³-hybridized carbons (Fsp3) is 0. The van der Waals surface area contributed by atoms with Gasteiger partial charge in [-0.3, -0.25) is 0 Å². The first-order valence-corrected chi connectivity index (χ1v) is 15.8. The molecule has 5 aromatic heterocycles. The number of benzene rings is 4. The molecule has 4 aromatic carbocycles. The van der Waals surface area contributed by atoms with Crippen LogP contribution in [0, 0.1) is 24.3 Å². The molecule has 0 atom stereocenters. The third-order valence-corrected chi connectivity index (χ3v) is 8.04. The molecular weight excluding hydrogens is 924 g/mol. The van der Waals surface area contributed by atoms with Gasteiger partial charge in [0.2, 0.25) is 5.95 Å². The molecular formula is C42H23N5O3PdPt. The van der Waals surface area contributed by atoms with Gasteiger partial charge in [0.15, 0.2) is 0 Å². The minimum absolute atomic E-state index is 0. The summed E-state index contributed by atoms with van der Waals surface area (Å²) < 4.78 is 20.1. The molecule has 0 aliphatic rings. The average Bonchev–Trinajstić information content (AvgIpc) is 3.83. The van der Waals surface area contributed by atoms with Crippen molar-refractivity contribution in [3.05, 3.63) is 165 Å². The Labute approximate surface area is 327 Å². The second kappa shape index (κ2) is 15.3. The van der Waals surface area contributed by atoms with E-state index in [0.717, 1.165) is 38.9 Å². The second-order valence-corrected chi connectivity index (χ2v) is 11.2. The predicted molar refractivity (Wildman–Crippen MR) is 189 cm³/mol. The largest absolute Gasteiger partial charge is 2.00 e. The number of hydrogen-bond acceptors (Lipinski definition) is 7. The molecule has 8 nitrogen and oxygen atoms in total. The first-order valence-electron chi connectivity index (χ1n) is 15.8. The van der Waals surface area contributed by atoms with Crippen LogP contribution in [-0.4, -0.2) is 24.5 Å². The van der Waals surface area contributed by atoms with Gasteiger partial charge in [-0.05, 0) is 35.7 Å². The molecule has 0 amide bonds. The first kappa shape index (κ1) is 34.7. The minimum atomic E-state index is 0. The van der Waals surface area contributed by atoms with Crippen molar-refractivity contribution in [1.82, 2.24) is 24.5 Å². The van der Waals surface area contributed by atoms with Crippen molar-refractivity contribution in [3.8, 4) is 62.8 Å². The zero-order chi connectivity index (χ0) is 33.3. The second-order valence-electron chi connectivity index (χ2n) is 11.2. The fourth-order valence-corrected chi connectivity index (χ4v) is 5.75. The standard InChI is InChI=1S/C42H23N5O3.Pd.Pt/c1-3-19-43-37(12-1)28-8-5-10-31(22-28)49-33-15-17-35-36-18-16-34(50-32-11-6-9-29(23-32)38-13-2-4-20-44-38)25-40(36)47(39(35)24-33)42-45-26-30(27-46-42)41-14-7-21-48-41;;/h1-21,26-27H;;/q-4;2*+2. The molecule has 0 aliphatic heterocycles. The SMILES string of the molecule is [Pd+2].[Pt+2].[c-]1c(Oc2[c-]c3c(cc2)c2ccc(Oc4[c-]c(-c5ccccn5)ccc4)[c-]c2n3-c2ncc(-c3ccco3)cn2)cccc1-c1ccccn1. The molecule has 9 rings (SSSR count). The van der Waals surface area contributed by atoms with E-state index >= 15 is 0 Å². The van der Waals surface area contributed by atoms with Gasteiger partial charge < -0.3 is 28.4 Å². The fourth-order valence-electron chi connectivity index (χ4n) is 5.75. The van der Waals surface area contributed by atoms with E-state index in [1.165, 1.54) is 0 Å². The van der Waals surface area contributed by atoms with Crippen LogP contribution < -0.4 is 9.47 Å². The molecule has 0 saturated carbocycles. The summed E-state index contributed by atoms with van der Waals surface area (Å²) in [5.41, 5.74) is 5.45. The van der Waals surface area contributed by atoms with Gasteiger partial charge in [-0.1, -0.05) is 47.4 Å². The van der Waals surface area contributed by atoms with E-state index < -0.39 is 0 Å². The molecule has 0 saturated heterocycles. The number of aromatic nitrogens is 5. The number of furan rings is 1. The molecule has 0 aliphatic carbocycles. The topological polar surface area (TPSA) is 88.1 Å². The van der Waals surface area contributed by atoms with Crippen LogP contribution in [0.2, 0.25) is 0 Å². The zero-order valence-corrected chi connectivity index (χ0v) is 30.7. The van der Waals surface area contributed by atoms with Crippen LogP contribution in [0.25, 0.3) is 61.6 Å². The Morgan fingerprint density at radius 1 is 0.519 bits per heavy atom. The van der Waals surface area contributed by atoms with Gasteiger partial charge in [0.1, 0.15) is 5.76 Å². The quantitative estimate of drug-likeness (QED) is 0.111. The molecule has 0 fully saturated rings. The number of nitrogens with zero attached hydrogens (tertiary/aromatic N) is 5. The average molecular weight is 947 g/mol.